The fourth-order valence-corrected chi connectivity index (χ4v) is 2.17. The van der Waals surface area contributed by atoms with Crippen LogP contribution in [0.1, 0.15) is 23.2 Å². The summed E-state index contributed by atoms with van der Waals surface area (Å²) in [6, 6.07) is 5.41. The van der Waals surface area contributed by atoms with E-state index in [4.69, 9.17) is 18.0 Å². The Kier molecular flexibility index (Phi) is 4.49. The van der Waals surface area contributed by atoms with Gasteiger partial charge in [0.25, 0.3) is 5.91 Å². The van der Waals surface area contributed by atoms with E-state index in [0.29, 0.717) is 0 Å². The molecule has 0 aromatic heterocycles. The van der Waals surface area contributed by atoms with Gasteiger partial charge in [-0.3, -0.25) is 4.79 Å². The molecule has 1 amide bonds. The van der Waals surface area contributed by atoms with Gasteiger partial charge in [0.05, 0.1) is 16.6 Å². The topological polar surface area (TPSA) is 64.3 Å². The Hall–Kier alpha value is -1.76. The lowest BCUT2D eigenvalue weighted by atomic mass is 10.1. The number of hydrogen-bond acceptors (Lipinski definition) is 3. The third-order valence-electron chi connectivity index (χ3n) is 3.03. The number of carbonyl (C=O) groups is 1. The maximum absolute atomic E-state index is 12.3. The second-order valence-corrected chi connectivity index (χ2v) is 5.04. The summed E-state index contributed by atoms with van der Waals surface area (Å²) in [5.74, 6) is -0.455. The van der Waals surface area contributed by atoms with Gasteiger partial charge in [-0.2, -0.15) is 8.78 Å². The van der Waals surface area contributed by atoms with Crippen LogP contribution in [0.5, 0.6) is 5.75 Å². The molecule has 1 aliphatic rings. The van der Waals surface area contributed by atoms with Crippen LogP contribution in [0.15, 0.2) is 24.3 Å². The maximum Gasteiger partial charge on any atom is 0.387 e. The van der Waals surface area contributed by atoms with E-state index >= 15 is 0 Å². The van der Waals surface area contributed by atoms with E-state index in [2.05, 4.69) is 10.1 Å². The van der Waals surface area contributed by atoms with Crippen molar-refractivity contribution in [2.45, 2.75) is 25.5 Å². The van der Waals surface area contributed by atoms with Gasteiger partial charge in [-0.25, -0.2) is 0 Å². The molecule has 3 N–H and O–H groups in total. The zero-order valence-electron chi connectivity index (χ0n) is 10.5. The molecule has 4 nitrogen and oxygen atoms in total. The lowest BCUT2D eigenvalue weighted by Gasteiger charge is -2.18. The molecule has 2 rings (SSSR count). The summed E-state index contributed by atoms with van der Waals surface area (Å²) in [5.41, 5.74) is 5.63. The van der Waals surface area contributed by atoms with Crippen LogP contribution in [0, 0.1) is 5.92 Å². The Bertz CT molecular complexity index is 521. The first-order valence-electron chi connectivity index (χ1n) is 6.13. The van der Waals surface area contributed by atoms with Crippen LogP contribution in [0.4, 0.5) is 8.78 Å². The number of halogens is 2. The molecule has 0 heterocycles. The Labute approximate surface area is 120 Å². The van der Waals surface area contributed by atoms with E-state index in [-0.39, 0.29) is 22.2 Å². The molecule has 20 heavy (non-hydrogen) atoms. The van der Waals surface area contributed by atoms with Crippen LogP contribution in [-0.4, -0.2) is 23.5 Å². The predicted octanol–water partition coefficient (Wildman–Crippen LogP) is 2.08. The standard InChI is InChI=1S/C13H14F2N2O2S/c14-13(15)19-9-4-2-1-3-8(9)12(18)17-10(11(16)20)7-5-6-7/h1-4,7,10,13H,5-6H2,(H2,16,20)(H,17,18). The fourth-order valence-electron chi connectivity index (χ4n) is 1.92. The molecule has 1 aromatic rings. The van der Waals surface area contributed by atoms with Crippen molar-refractivity contribution in [1.29, 1.82) is 0 Å². The first kappa shape index (κ1) is 14.6. The van der Waals surface area contributed by atoms with E-state index in [1.807, 2.05) is 0 Å². The molecule has 1 aromatic carbocycles. The number of amides is 1. The van der Waals surface area contributed by atoms with E-state index in [1.165, 1.54) is 18.2 Å². The Morgan fingerprint density at radius 3 is 2.60 bits per heavy atom. The van der Waals surface area contributed by atoms with Crippen LogP contribution in [0.2, 0.25) is 0 Å². The van der Waals surface area contributed by atoms with E-state index in [0.717, 1.165) is 12.8 Å². The van der Waals surface area contributed by atoms with Crippen LogP contribution < -0.4 is 15.8 Å². The fraction of sp³-hybridized carbons (Fsp3) is 0.385. The van der Waals surface area contributed by atoms with Crippen molar-refractivity contribution in [1.82, 2.24) is 5.32 Å². The number of nitrogens with one attached hydrogen (secondary N) is 1. The van der Waals surface area contributed by atoms with Crippen molar-refractivity contribution in [3.8, 4) is 5.75 Å². The molecule has 1 fully saturated rings. The van der Waals surface area contributed by atoms with Gasteiger partial charge in [0.1, 0.15) is 5.75 Å². The number of hydrogen-bond donors (Lipinski definition) is 2. The van der Waals surface area contributed by atoms with Crippen LogP contribution in [0.3, 0.4) is 0 Å². The largest absolute Gasteiger partial charge is 0.434 e. The summed E-state index contributed by atoms with van der Waals surface area (Å²) in [6.45, 7) is -2.99. The number of carbonyl (C=O) groups excluding carboxylic acids is 1. The van der Waals surface area contributed by atoms with E-state index < -0.39 is 18.6 Å². The molecular formula is C13H14F2N2O2S. The summed E-state index contributed by atoms with van der Waals surface area (Å²) in [7, 11) is 0. The minimum atomic E-state index is -2.99. The van der Waals surface area contributed by atoms with E-state index in [1.54, 1.807) is 6.07 Å². The first-order valence-corrected chi connectivity index (χ1v) is 6.54. The van der Waals surface area contributed by atoms with Gasteiger partial charge in [0, 0.05) is 0 Å². The smallest absolute Gasteiger partial charge is 0.387 e. The highest BCUT2D eigenvalue weighted by molar-refractivity contribution is 7.80. The quantitative estimate of drug-likeness (QED) is 0.790. The highest BCUT2D eigenvalue weighted by Gasteiger charge is 2.34. The SMILES string of the molecule is NC(=S)C(NC(=O)c1ccccc1OC(F)F)C1CC1. The van der Waals surface area contributed by atoms with Crippen LogP contribution >= 0.6 is 12.2 Å². The summed E-state index contributed by atoms with van der Waals surface area (Å²) in [6.07, 6.45) is 1.88. The minimum absolute atomic E-state index is 0.0368. The number of rotatable bonds is 6. The van der Waals surface area contributed by atoms with Gasteiger partial charge in [0.15, 0.2) is 0 Å². The van der Waals surface area contributed by atoms with Gasteiger partial charge in [-0.15, -0.1) is 0 Å². The predicted molar refractivity (Wildman–Crippen MR) is 73.8 cm³/mol. The number of nitrogens with two attached hydrogens (primary N) is 1. The second kappa shape index (κ2) is 6.13. The van der Waals surface area contributed by atoms with Crippen molar-refractivity contribution in [3.63, 3.8) is 0 Å². The van der Waals surface area contributed by atoms with Crippen molar-refractivity contribution in [2.24, 2.45) is 11.7 Å². The number of ether oxygens (including phenoxy) is 1. The average molecular weight is 300 g/mol. The first-order chi connectivity index (χ1) is 9.49. The molecule has 1 aliphatic carbocycles. The summed E-state index contributed by atoms with van der Waals surface area (Å²) in [5, 5.41) is 2.68. The van der Waals surface area contributed by atoms with Gasteiger partial charge in [0.2, 0.25) is 0 Å². The van der Waals surface area contributed by atoms with Crippen LogP contribution in [0.25, 0.3) is 0 Å². The monoisotopic (exact) mass is 300 g/mol. The normalized spacial score (nSPS) is 15.8. The molecule has 0 radical (unpaired) electrons. The van der Waals surface area contributed by atoms with Crippen molar-refractivity contribution in [3.05, 3.63) is 29.8 Å². The van der Waals surface area contributed by atoms with E-state index in [9.17, 15) is 13.6 Å². The lowest BCUT2D eigenvalue weighted by Crippen LogP contribution is -2.45. The number of benzene rings is 1. The molecular weight excluding hydrogens is 286 g/mol. The molecule has 7 heteroatoms. The second-order valence-electron chi connectivity index (χ2n) is 4.57. The zero-order valence-corrected chi connectivity index (χ0v) is 11.3. The number of para-hydroxylation sites is 1. The Balaban J connectivity index is 2.14. The number of thiocarbonyl (C=S) groups is 1. The highest BCUT2D eigenvalue weighted by atomic mass is 32.1. The lowest BCUT2D eigenvalue weighted by molar-refractivity contribution is -0.0501. The highest BCUT2D eigenvalue weighted by Crippen LogP contribution is 2.33. The molecule has 0 bridgehead atoms. The van der Waals surface area contributed by atoms with Crippen LogP contribution in [-0.2, 0) is 0 Å². The summed E-state index contributed by atoms with van der Waals surface area (Å²) < 4.78 is 28.9. The molecule has 0 aliphatic heterocycles. The molecule has 0 saturated heterocycles. The summed E-state index contributed by atoms with van der Waals surface area (Å²) >= 11 is 4.92. The van der Waals surface area contributed by atoms with Gasteiger partial charge in [-0.05, 0) is 30.9 Å². The third kappa shape index (κ3) is 3.63. The van der Waals surface area contributed by atoms with Gasteiger partial charge in [-0.1, -0.05) is 24.4 Å². The molecule has 0 spiro atoms. The molecule has 1 unspecified atom stereocenters. The number of alkyl halides is 2. The van der Waals surface area contributed by atoms with Crippen molar-refractivity contribution in [2.75, 3.05) is 0 Å². The zero-order chi connectivity index (χ0) is 14.7. The molecule has 108 valence electrons. The molecule has 1 atom stereocenters. The average Bonchev–Trinajstić information content (AvgIpc) is 3.19. The van der Waals surface area contributed by atoms with Gasteiger partial charge >= 0.3 is 6.61 Å². The van der Waals surface area contributed by atoms with Crippen molar-refractivity contribution < 1.29 is 18.3 Å². The third-order valence-corrected chi connectivity index (χ3v) is 3.29. The van der Waals surface area contributed by atoms with Gasteiger partial charge < -0.3 is 15.8 Å². The summed E-state index contributed by atoms with van der Waals surface area (Å²) in [4.78, 5) is 12.3. The Morgan fingerprint density at radius 1 is 1.40 bits per heavy atom. The maximum atomic E-state index is 12.3. The minimum Gasteiger partial charge on any atom is -0.434 e. The molecule has 1 saturated carbocycles. The van der Waals surface area contributed by atoms with Crippen molar-refractivity contribution >= 4 is 23.1 Å². The Morgan fingerprint density at radius 2 is 2.05 bits per heavy atom.